The molecule has 0 bridgehead atoms. The van der Waals surface area contributed by atoms with Gasteiger partial charge in [-0.05, 0) is 48.7 Å². The molecule has 4 heterocycles. The van der Waals surface area contributed by atoms with Crippen LogP contribution in [-0.2, 0) is 22.7 Å². The van der Waals surface area contributed by atoms with Crippen molar-refractivity contribution in [3.63, 3.8) is 0 Å². The number of rotatable bonds is 7. The van der Waals surface area contributed by atoms with Crippen molar-refractivity contribution in [2.75, 3.05) is 25.0 Å². The topological polar surface area (TPSA) is 124 Å². The number of sulfonamides is 1. The van der Waals surface area contributed by atoms with Crippen LogP contribution in [0.4, 0.5) is 19.0 Å². The standard InChI is InChI=1S/C27H25F3N6O3S/c28-27(29,30)21-3-6-25(32-16-21)34-22-7-9-36(10-8-22)40(38,39)23-4-1-18(2-5-23)19-13-24-20(14-31)17-35(11-12-37)26(24)33-15-19/h1-6,13,15-17,22,37H,7-12H2,(H,32,34). The molecule has 0 saturated carbocycles. The van der Waals surface area contributed by atoms with Gasteiger partial charge in [0, 0.05) is 55.2 Å². The van der Waals surface area contributed by atoms with E-state index in [1.165, 1.54) is 22.5 Å². The summed E-state index contributed by atoms with van der Waals surface area (Å²) in [5.41, 5.74) is 1.65. The lowest BCUT2D eigenvalue weighted by Crippen LogP contribution is -2.42. The smallest absolute Gasteiger partial charge is 0.395 e. The number of anilines is 1. The van der Waals surface area contributed by atoms with Gasteiger partial charge in [0.15, 0.2) is 0 Å². The molecule has 1 aliphatic heterocycles. The number of nitrogens with zero attached hydrogens (tertiary/aromatic N) is 5. The molecule has 208 valence electrons. The van der Waals surface area contributed by atoms with E-state index in [1.807, 2.05) is 6.07 Å². The van der Waals surface area contributed by atoms with Gasteiger partial charge >= 0.3 is 6.18 Å². The predicted molar refractivity (Wildman–Crippen MR) is 142 cm³/mol. The summed E-state index contributed by atoms with van der Waals surface area (Å²) in [5, 5.41) is 22.5. The Bertz CT molecular complexity index is 1660. The summed E-state index contributed by atoms with van der Waals surface area (Å²) in [7, 11) is -3.75. The maximum atomic E-state index is 13.3. The summed E-state index contributed by atoms with van der Waals surface area (Å²) in [6, 6.07) is 12.5. The Morgan fingerprint density at radius 2 is 1.77 bits per heavy atom. The zero-order valence-corrected chi connectivity index (χ0v) is 22.0. The third-order valence-corrected chi connectivity index (χ3v) is 8.81. The fourth-order valence-corrected chi connectivity index (χ4v) is 6.23. The fraction of sp³-hybridized carbons (Fsp3) is 0.296. The first-order chi connectivity index (χ1) is 19.1. The molecule has 5 rings (SSSR count). The van der Waals surface area contributed by atoms with Gasteiger partial charge in [-0.3, -0.25) is 0 Å². The van der Waals surface area contributed by atoms with Crippen LogP contribution in [0.1, 0.15) is 24.0 Å². The van der Waals surface area contributed by atoms with E-state index >= 15 is 0 Å². The van der Waals surface area contributed by atoms with Crippen LogP contribution in [0.15, 0.2) is 66.0 Å². The third-order valence-electron chi connectivity index (χ3n) is 6.90. The number of piperidine rings is 1. The lowest BCUT2D eigenvalue weighted by molar-refractivity contribution is -0.137. The molecule has 0 amide bonds. The highest BCUT2D eigenvalue weighted by Crippen LogP contribution is 2.30. The molecule has 9 nitrogen and oxygen atoms in total. The van der Waals surface area contributed by atoms with E-state index in [0.29, 0.717) is 41.8 Å². The molecule has 1 saturated heterocycles. The van der Waals surface area contributed by atoms with Crippen LogP contribution in [0.2, 0.25) is 0 Å². The molecule has 0 atom stereocenters. The second kappa shape index (κ2) is 10.9. The van der Waals surface area contributed by atoms with Crippen molar-refractivity contribution >= 4 is 26.9 Å². The molecule has 13 heteroatoms. The third kappa shape index (κ3) is 5.51. The Balaban J connectivity index is 1.25. The largest absolute Gasteiger partial charge is 0.417 e. The zero-order chi connectivity index (χ0) is 28.5. The summed E-state index contributed by atoms with van der Waals surface area (Å²) < 4.78 is 67.9. The number of hydrogen-bond donors (Lipinski definition) is 2. The van der Waals surface area contributed by atoms with Gasteiger partial charge in [-0.15, -0.1) is 0 Å². The number of halogens is 3. The first-order valence-electron chi connectivity index (χ1n) is 12.5. The van der Waals surface area contributed by atoms with Crippen molar-refractivity contribution < 1.29 is 26.7 Å². The van der Waals surface area contributed by atoms with Crippen molar-refractivity contribution in [1.82, 2.24) is 18.8 Å². The molecule has 4 aromatic rings. The normalized spacial score (nSPS) is 15.3. The van der Waals surface area contributed by atoms with Crippen LogP contribution >= 0.6 is 0 Å². The molecule has 0 radical (unpaired) electrons. The second-order valence-corrected chi connectivity index (χ2v) is 11.4. The Hall–Kier alpha value is -3.99. The zero-order valence-electron chi connectivity index (χ0n) is 21.1. The number of alkyl halides is 3. The van der Waals surface area contributed by atoms with Gasteiger partial charge in [0.2, 0.25) is 10.0 Å². The summed E-state index contributed by atoms with van der Waals surface area (Å²) in [5.74, 6) is 0.310. The van der Waals surface area contributed by atoms with Crippen LogP contribution in [0, 0.1) is 11.3 Å². The molecule has 0 spiro atoms. The molecule has 3 aromatic heterocycles. The van der Waals surface area contributed by atoms with E-state index in [9.17, 15) is 32.0 Å². The van der Waals surface area contributed by atoms with Crippen molar-refractivity contribution in [1.29, 1.82) is 5.26 Å². The summed E-state index contributed by atoms with van der Waals surface area (Å²) >= 11 is 0. The molecular formula is C27H25F3N6O3S. The predicted octanol–water partition coefficient (Wildman–Crippen LogP) is 4.25. The minimum Gasteiger partial charge on any atom is -0.395 e. The SMILES string of the molecule is N#Cc1cn(CCO)c2ncc(-c3ccc(S(=O)(=O)N4CCC(Nc5ccc(C(F)(F)F)cn5)CC4)cc3)cc12. The number of aliphatic hydroxyl groups is 1. The van der Waals surface area contributed by atoms with Gasteiger partial charge in [-0.25, -0.2) is 18.4 Å². The first-order valence-corrected chi connectivity index (χ1v) is 13.9. The Labute approximate surface area is 228 Å². The van der Waals surface area contributed by atoms with E-state index < -0.39 is 21.8 Å². The van der Waals surface area contributed by atoms with Crippen molar-refractivity contribution in [3.8, 4) is 17.2 Å². The quantitative estimate of drug-likeness (QED) is 0.341. The van der Waals surface area contributed by atoms with Crippen LogP contribution in [-0.4, -0.2) is 58.1 Å². The highest BCUT2D eigenvalue weighted by molar-refractivity contribution is 7.89. The van der Waals surface area contributed by atoms with Gasteiger partial charge in [0.05, 0.1) is 22.6 Å². The number of hydrogen-bond acceptors (Lipinski definition) is 7. The van der Waals surface area contributed by atoms with Crippen LogP contribution < -0.4 is 5.32 Å². The van der Waals surface area contributed by atoms with E-state index in [2.05, 4.69) is 21.4 Å². The Morgan fingerprint density at radius 1 is 1.05 bits per heavy atom. The van der Waals surface area contributed by atoms with E-state index in [0.717, 1.165) is 23.4 Å². The lowest BCUT2D eigenvalue weighted by atomic mass is 10.1. The number of aliphatic hydroxyl groups excluding tert-OH is 1. The summed E-state index contributed by atoms with van der Waals surface area (Å²) in [6.45, 7) is 0.740. The number of benzene rings is 1. The van der Waals surface area contributed by atoms with Gasteiger partial charge < -0.3 is 15.0 Å². The molecule has 0 aliphatic carbocycles. The van der Waals surface area contributed by atoms with Crippen molar-refractivity contribution in [3.05, 3.63) is 72.2 Å². The van der Waals surface area contributed by atoms with Crippen molar-refractivity contribution in [2.45, 2.75) is 36.5 Å². The van der Waals surface area contributed by atoms with E-state index in [-0.39, 0.29) is 30.6 Å². The van der Waals surface area contributed by atoms with E-state index in [4.69, 9.17) is 0 Å². The summed E-state index contributed by atoms with van der Waals surface area (Å²) in [4.78, 5) is 8.43. The minimum absolute atomic E-state index is 0.0848. The van der Waals surface area contributed by atoms with Crippen LogP contribution in [0.5, 0.6) is 0 Å². The maximum absolute atomic E-state index is 13.3. The molecule has 1 aromatic carbocycles. The average molecular weight is 571 g/mol. The van der Waals surface area contributed by atoms with Crippen molar-refractivity contribution in [2.24, 2.45) is 0 Å². The number of nitriles is 1. The highest BCUT2D eigenvalue weighted by Gasteiger charge is 2.32. The number of pyridine rings is 2. The fourth-order valence-electron chi connectivity index (χ4n) is 4.76. The molecule has 1 fully saturated rings. The van der Waals surface area contributed by atoms with Crippen LogP contribution in [0.3, 0.4) is 0 Å². The summed E-state index contributed by atoms with van der Waals surface area (Å²) in [6.07, 6.45) is 0.555. The molecule has 2 N–H and O–H groups in total. The number of aromatic nitrogens is 3. The molecule has 40 heavy (non-hydrogen) atoms. The van der Waals surface area contributed by atoms with E-state index in [1.54, 1.807) is 29.1 Å². The Morgan fingerprint density at radius 3 is 2.38 bits per heavy atom. The van der Waals surface area contributed by atoms with Gasteiger partial charge in [0.25, 0.3) is 0 Å². The van der Waals surface area contributed by atoms with Gasteiger partial charge in [-0.1, -0.05) is 12.1 Å². The van der Waals surface area contributed by atoms with Gasteiger partial charge in [-0.2, -0.15) is 22.7 Å². The Kier molecular flexibility index (Phi) is 7.50. The first kappa shape index (κ1) is 27.6. The highest BCUT2D eigenvalue weighted by atomic mass is 32.2. The van der Waals surface area contributed by atoms with Crippen LogP contribution in [0.25, 0.3) is 22.2 Å². The second-order valence-electron chi connectivity index (χ2n) is 9.44. The minimum atomic E-state index is -4.46. The molecule has 1 aliphatic rings. The maximum Gasteiger partial charge on any atom is 0.417 e. The number of nitrogens with one attached hydrogen (secondary N) is 1. The molecular weight excluding hydrogens is 545 g/mol. The molecule has 0 unspecified atom stereocenters. The average Bonchev–Trinajstić information content (AvgIpc) is 3.30. The van der Waals surface area contributed by atoms with Gasteiger partial charge in [0.1, 0.15) is 17.5 Å². The monoisotopic (exact) mass is 570 g/mol. The number of fused-ring (bicyclic) bond motifs is 1. The lowest BCUT2D eigenvalue weighted by Gasteiger charge is -2.32.